The Morgan fingerprint density at radius 3 is 2.54 bits per heavy atom. The first kappa shape index (κ1) is 21.1. The van der Waals surface area contributed by atoms with Crippen molar-refractivity contribution in [3.63, 3.8) is 0 Å². The van der Waals surface area contributed by atoms with Gasteiger partial charge in [0.1, 0.15) is 11.5 Å². The summed E-state index contributed by atoms with van der Waals surface area (Å²) in [4.78, 5) is 1.74. The van der Waals surface area contributed by atoms with Crippen molar-refractivity contribution in [1.82, 2.24) is 4.90 Å². The molecular formula is C16H18BrF6NO2. The Labute approximate surface area is 155 Å². The molecule has 0 amide bonds. The first-order valence-corrected chi connectivity index (χ1v) is 8.81. The average molecular weight is 450 g/mol. The predicted molar refractivity (Wildman–Crippen MR) is 86.2 cm³/mol. The van der Waals surface area contributed by atoms with Gasteiger partial charge in [-0.05, 0) is 53.9 Å². The summed E-state index contributed by atoms with van der Waals surface area (Å²) < 4.78 is 84.8. The quantitative estimate of drug-likeness (QED) is 0.429. The summed E-state index contributed by atoms with van der Waals surface area (Å²) in [6.45, 7) is 1.18. The molecule has 148 valence electrons. The topological polar surface area (TPSA) is 21.7 Å². The molecule has 1 aromatic rings. The van der Waals surface area contributed by atoms with Crippen LogP contribution >= 0.6 is 15.9 Å². The van der Waals surface area contributed by atoms with Gasteiger partial charge in [0.25, 0.3) is 0 Å². The van der Waals surface area contributed by atoms with Gasteiger partial charge in [-0.25, -0.2) is 0 Å². The third-order valence-electron chi connectivity index (χ3n) is 3.98. The normalized spacial score (nSPS) is 19.4. The van der Waals surface area contributed by atoms with E-state index >= 15 is 0 Å². The molecule has 0 aliphatic carbocycles. The minimum Gasteiger partial charge on any atom is -0.492 e. The first-order chi connectivity index (χ1) is 12.0. The molecule has 10 heteroatoms. The van der Waals surface area contributed by atoms with E-state index < -0.39 is 24.2 Å². The van der Waals surface area contributed by atoms with Crippen LogP contribution in [0.1, 0.15) is 19.3 Å². The van der Waals surface area contributed by atoms with Crippen LogP contribution in [-0.2, 0) is 0 Å². The van der Waals surface area contributed by atoms with Crippen molar-refractivity contribution in [3.05, 3.63) is 22.7 Å². The van der Waals surface area contributed by atoms with E-state index in [1.165, 1.54) is 6.07 Å². The first-order valence-electron chi connectivity index (χ1n) is 8.02. The molecule has 1 fully saturated rings. The van der Waals surface area contributed by atoms with E-state index in [1.54, 1.807) is 4.90 Å². The number of ether oxygens (including phenoxy) is 2. The van der Waals surface area contributed by atoms with Crippen molar-refractivity contribution >= 4 is 15.9 Å². The van der Waals surface area contributed by atoms with Crippen LogP contribution in [0, 0.1) is 5.92 Å². The molecule has 0 spiro atoms. The van der Waals surface area contributed by atoms with Crippen molar-refractivity contribution in [2.75, 3.05) is 26.2 Å². The van der Waals surface area contributed by atoms with Gasteiger partial charge < -0.3 is 14.4 Å². The summed E-state index contributed by atoms with van der Waals surface area (Å²) in [5.74, 6) is -1.53. The van der Waals surface area contributed by atoms with Gasteiger partial charge in [0, 0.05) is 19.2 Å². The van der Waals surface area contributed by atoms with Crippen molar-refractivity contribution < 1.29 is 35.8 Å². The molecule has 1 unspecified atom stereocenters. The molecule has 26 heavy (non-hydrogen) atoms. The lowest BCUT2D eigenvalue weighted by Crippen LogP contribution is -2.42. The molecule has 0 N–H and O–H groups in total. The largest absolute Gasteiger partial charge is 0.573 e. The number of alkyl halides is 6. The molecule has 0 bridgehead atoms. The van der Waals surface area contributed by atoms with E-state index in [0.29, 0.717) is 30.4 Å². The Bertz CT molecular complexity index is 593. The Hall–Kier alpha value is -1.16. The summed E-state index contributed by atoms with van der Waals surface area (Å²) in [6, 6.07) is 3.63. The van der Waals surface area contributed by atoms with Crippen molar-refractivity contribution in [3.8, 4) is 11.5 Å². The predicted octanol–water partition coefficient (Wildman–Crippen LogP) is 5.39. The van der Waals surface area contributed by atoms with Crippen LogP contribution < -0.4 is 9.47 Å². The fraction of sp³-hybridized carbons (Fsp3) is 0.625. The highest BCUT2D eigenvalue weighted by Crippen LogP contribution is 2.34. The Morgan fingerprint density at radius 1 is 1.15 bits per heavy atom. The molecule has 2 rings (SSSR count). The summed E-state index contributed by atoms with van der Waals surface area (Å²) in [5.41, 5.74) is 0. The maximum absolute atomic E-state index is 12.8. The van der Waals surface area contributed by atoms with E-state index in [2.05, 4.69) is 20.7 Å². The number of hydrogen-bond acceptors (Lipinski definition) is 3. The third-order valence-corrected chi connectivity index (χ3v) is 4.64. The Balaban J connectivity index is 1.80. The van der Waals surface area contributed by atoms with Crippen LogP contribution in [0.4, 0.5) is 26.3 Å². The molecular weight excluding hydrogens is 432 g/mol. The molecule has 1 saturated heterocycles. The number of rotatable bonds is 6. The molecule has 3 nitrogen and oxygen atoms in total. The Kier molecular flexibility index (Phi) is 7.06. The minimum absolute atomic E-state index is 0.0257. The van der Waals surface area contributed by atoms with Gasteiger partial charge in [-0.15, -0.1) is 13.2 Å². The van der Waals surface area contributed by atoms with Gasteiger partial charge in [0.15, 0.2) is 0 Å². The van der Waals surface area contributed by atoms with Crippen LogP contribution in [-0.4, -0.2) is 43.7 Å². The Morgan fingerprint density at radius 2 is 1.88 bits per heavy atom. The maximum atomic E-state index is 12.8. The molecule has 0 radical (unpaired) electrons. The monoisotopic (exact) mass is 449 g/mol. The highest BCUT2D eigenvalue weighted by Gasteiger charge is 2.41. The van der Waals surface area contributed by atoms with Crippen LogP contribution in [0.25, 0.3) is 0 Å². The second-order valence-electron chi connectivity index (χ2n) is 6.02. The highest BCUT2D eigenvalue weighted by molar-refractivity contribution is 9.10. The number of nitrogens with zero attached hydrogens (tertiary/aromatic N) is 1. The van der Waals surface area contributed by atoms with Gasteiger partial charge in [0.05, 0.1) is 17.0 Å². The van der Waals surface area contributed by atoms with E-state index in [1.807, 2.05) is 0 Å². The number of benzene rings is 1. The fourth-order valence-electron chi connectivity index (χ4n) is 2.79. The van der Waals surface area contributed by atoms with Crippen molar-refractivity contribution in [2.24, 2.45) is 5.92 Å². The second-order valence-corrected chi connectivity index (χ2v) is 6.88. The third kappa shape index (κ3) is 6.86. The highest BCUT2D eigenvalue weighted by atomic mass is 79.9. The van der Waals surface area contributed by atoms with Crippen LogP contribution in [0.2, 0.25) is 0 Å². The summed E-state index contributed by atoms with van der Waals surface area (Å²) in [6.07, 6.45) is -7.88. The number of likely N-dealkylation sites (tertiary alicyclic amines) is 1. The lowest BCUT2D eigenvalue weighted by Gasteiger charge is -2.33. The number of piperidine rings is 1. The smallest absolute Gasteiger partial charge is 0.492 e. The fourth-order valence-corrected chi connectivity index (χ4v) is 3.15. The molecule has 1 heterocycles. The van der Waals surface area contributed by atoms with Gasteiger partial charge in [-0.2, -0.15) is 13.2 Å². The maximum Gasteiger partial charge on any atom is 0.573 e. The standard InChI is InChI=1S/C16H18BrF6NO2/c17-13-5-4-12(26-16(21,22)23)9-14(13)25-8-2-7-24-6-1-3-11(10-24)15(18,19)20/h4-5,9,11H,1-3,6-8,10H2. The number of halogens is 7. The lowest BCUT2D eigenvalue weighted by molar-refractivity contribution is -0.274. The molecule has 0 saturated carbocycles. The van der Waals surface area contributed by atoms with E-state index in [0.717, 1.165) is 12.1 Å². The average Bonchev–Trinajstić information content (AvgIpc) is 2.52. The molecule has 1 aliphatic heterocycles. The van der Waals surface area contributed by atoms with Gasteiger partial charge in [-0.3, -0.25) is 0 Å². The van der Waals surface area contributed by atoms with Gasteiger partial charge in [0.2, 0.25) is 0 Å². The zero-order chi connectivity index (χ0) is 19.4. The van der Waals surface area contributed by atoms with Gasteiger partial charge >= 0.3 is 12.5 Å². The van der Waals surface area contributed by atoms with Crippen molar-refractivity contribution in [1.29, 1.82) is 0 Å². The SMILES string of the molecule is FC(F)(F)Oc1ccc(Br)c(OCCCN2CCCC(C(F)(F)F)C2)c1. The number of hydrogen-bond donors (Lipinski definition) is 0. The van der Waals surface area contributed by atoms with Crippen molar-refractivity contribution in [2.45, 2.75) is 31.8 Å². The second kappa shape index (κ2) is 8.69. The van der Waals surface area contributed by atoms with Crippen LogP contribution in [0.5, 0.6) is 11.5 Å². The molecule has 0 aromatic heterocycles. The molecule has 1 atom stereocenters. The lowest BCUT2D eigenvalue weighted by atomic mass is 9.97. The van der Waals surface area contributed by atoms with E-state index in [-0.39, 0.29) is 25.3 Å². The van der Waals surface area contributed by atoms with Gasteiger partial charge in [-0.1, -0.05) is 0 Å². The zero-order valence-electron chi connectivity index (χ0n) is 13.7. The van der Waals surface area contributed by atoms with Crippen LogP contribution in [0.3, 0.4) is 0 Å². The molecule has 1 aromatic carbocycles. The summed E-state index contributed by atoms with van der Waals surface area (Å²) >= 11 is 3.17. The van der Waals surface area contributed by atoms with Crippen LogP contribution in [0.15, 0.2) is 22.7 Å². The zero-order valence-corrected chi connectivity index (χ0v) is 15.3. The summed E-state index contributed by atoms with van der Waals surface area (Å²) in [5, 5.41) is 0. The molecule has 1 aliphatic rings. The van der Waals surface area contributed by atoms with E-state index in [9.17, 15) is 26.3 Å². The summed E-state index contributed by atoms with van der Waals surface area (Å²) in [7, 11) is 0. The minimum atomic E-state index is -4.80. The van der Waals surface area contributed by atoms with E-state index in [4.69, 9.17) is 4.74 Å².